The zero-order valence-corrected chi connectivity index (χ0v) is 15.9. The van der Waals surface area contributed by atoms with Gasteiger partial charge in [-0.2, -0.15) is 9.97 Å². The van der Waals surface area contributed by atoms with E-state index in [9.17, 15) is 9.90 Å². The van der Waals surface area contributed by atoms with E-state index < -0.39 is 0 Å². The number of aromatic amines is 1. The lowest BCUT2D eigenvalue weighted by Crippen LogP contribution is -2.30. The maximum atomic E-state index is 11.1. The quantitative estimate of drug-likeness (QED) is 0.337. The first-order valence-electron chi connectivity index (χ1n) is 8.93. The summed E-state index contributed by atoms with van der Waals surface area (Å²) in [6, 6.07) is 7.02. The molecule has 2 heterocycles. The third-order valence-electron chi connectivity index (χ3n) is 4.13. The number of aliphatic hydroxyl groups excluding tert-OH is 1. The van der Waals surface area contributed by atoms with Crippen molar-refractivity contribution in [3.63, 3.8) is 0 Å². The van der Waals surface area contributed by atoms with Gasteiger partial charge in [-0.05, 0) is 23.6 Å². The Hall–Kier alpha value is -3.27. The summed E-state index contributed by atoms with van der Waals surface area (Å²) in [5, 5.41) is 26.4. The number of fused-ring (bicyclic) bond motifs is 1. The van der Waals surface area contributed by atoms with Gasteiger partial charge in [-0.25, -0.2) is 5.10 Å². The fraction of sp³-hybridized carbons (Fsp3) is 0.389. The SMILES string of the molecule is CC(=O)Oc1cccc(CNc2nc(NC(CO)C(C)C)nc3[nH]nnc23)c1. The number of carbonyl (C=O) groups is 1. The normalized spacial score (nSPS) is 12.2. The number of nitrogens with zero attached hydrogens (tertiary/aromatic N) is 4. The first-order valence-corrected chi connectivity index (χ1v) is 8.93. The van der Waals surface area contributed by atoms with Gasteiger partial charge in [0.05, 0.1) is 12.6 Å². The van der Waals surface area contributed by atoms with Crippen LogP contribution in [0, 0.1) is 5.92 Å². The Labute approximate surface area is 161 Å². The van der Waals surface area contributed by atoms with Crippen LogP contribution in [0.25, 0.3) is 11.2 Å². The fourth-order valence-corrected chi connectivity index (χ4v) is 2.60. The number of hydrogen-bond acceptors (Lipinski definition) is 9. The van der Waals surface area contributed by atoms with Crippen molar-refractivity contribution in [2.75, 3.05) is 17.2 Å². The lowest BCUT2D eigenvalue weighted by atomic mass is 10.1. The molecule has 0 amide bonds. The maximum Gasteiger partial charge on any atom is 0.308 e. The van der Waals surface area contributed by atoms with E-state index in [2.05, 4.69) is 36.0 Å². The number of benzene rings is 1. The molecule has 0 aliphatic carbocycles. The summed E-state index contributed by atoms with van der Waals surface area (Å²) >= 11 is 0. The van der Waals surface area contributed by atoms with Crippen molar-refractivity contribution in [2.24, 2.45) is 5.92 Å². The second-order valence-electron chi connectivity index (χ2n) is 6.68. The lowest BCUT2D eigenvalue weighted by molar-refractivity contribution is -0.131. The van der Waals surface area contributed by atoms with Crippen LogP contribution >= 0.6 is 0 Å². The highest BCUT2D eigenvalue weighted by Crippen LogP contribution is 2.21. The molecule has 148 valence electrons. The van der Waals surface area contributed by atoms with Crippen molar-refractivity contribution in [3.05, 3.63) is 29.8 Å². The molecule has 1 atom stereocenters. The van der Waals surface area contributed by atoms with Gasteiger partial charge in [-0.3, -0.25) is 4.79 Å². The zero-order valence-electron chi connectivity index (χ0n) is 15.9. The Morgan fingerprint density at radius 3 is 2.86 bits per heavy atom. The van der Waals surface area contributed by atoms with Gasteiger partial charge in [0.15, 0.2) is 17.0 Å². The van der Waals surface area contributed by atoms with E-state index in [-0.39, 0.29) is 24.5 Å². The van der Waals surface area contributed by atoms with Crippen LogP contribution in [-0.4, -0.2) is 49.1 Å². The lowest BCUT2D eigenvalue weighted by Gasteiger charge is -2.20. The topological polar surface area (TPSA) is 138 Å². The second kappa shape index (κ2) is 8.61. The van der Waals surface area contributed by atoms with Crippen LogP contribution in [0.1, 0.15) is 26.3 Å². The predicted molar refractivity (Wildman–Crippen MR) is 104 cm³/mol. The summed E-state index contributed by atoms with van der Waals surface area (Å²) in [6.07, 6.45) is 0. The molecular weight excluding hydrogens is 362 g/mol. The third-order valence-corrected chi connectivity index (χ3v) is 4.13. The van der Waals surface area contributed by atoms with Crippen molar-refractivity contribution < 1.29 is 14.6 Å². The van der Waals surface area contributed by atoms with E-state index in [0.717, 1.165) is 5.56 Å². The van der Waals surface area contributed by atoms with Crippen molar-refractivity contribution >= 4 is 28.9 Å². The molecule has 0 fully saturated rings. The van der Waals surface area contributed by atoms with Crippen molar-refractivity contribution in [2.45, 2.75) is 33.4 Å². The predicted octanol–water partition coefficient (Wildman–Crippen LogP) is 1.71. The number of H-pyrrole nitrogens is 1. The smallest absolute Gasteiger partial charge is 0.308 e. The Kier molecular flexibility index (Phi) is 5.99. The van der Waals surface area contributed by atoms with Gasteiger partial charge in [0.25, 0.3) is 0 Å². The van der Waals surface area contributed by atoms with Gasteiger partial charge in [0.2, 0.25) is 5.95 Å². The number of aliphatic hydroxyl groups is 1. The Balaban J connectivity index is 1.80. The highest BCUT2D eigenvalue weighted by molar-refractivity contribution is 5.83. The number of aromatic nitrogens is 5. The molecule has 3 aromatic rings. The van der Waals surface area contributed by atoms with Gasteiger partial charge >= 0.3 is 5.97 Å². The molecule has 0 saturated heterocycles. The number of ether oxygens (including phenoxy) is 1. The molecule has 2 aromatic heterocycles. The molecule has 1 aromatic carbocycles. The van der Waals surface area contributed by atoms with Crippen LogP contribution in [0.3, 0.4) is 0 Å². The summed E-state index contributed by atoms with van der Waals surface area (Å²) in [4.78, 5) is 20.0. The number of anilines is 2. The van der Waals surface area contributed by atoms with E-state index in [1.165, 1.54) is 6.92 Å². The monoisotopic (exact) mass is 385 g/mol. The largest absolute Gasteiger partial charge is 0.427 e. The van der Waals surface area contributed by atoms with E-state index >= 15 is 0 Å². The van der Waals surface area contributed by atoms with Gasteiger partial charge in [-0.15, -0.1) is 5.10 Å². The molecule has 0 aliphatic rings. The minimum absolute atomic E-state index is 0.0357. The summed E-state index contributed by atoms with van der Waals surface area (Å²) < 4.78 is 5.11. The van der Waals surface area contributed by atoms with Crippen molar-refractivity contribution in [1.29, 1.82) is 0 Å². The summed E-state index contributed by atoms with van der Waals surface area (Å²) in [5.41, 5.74) is 1.89. The first kappa shape index (κ1) is 19.5. The van der Waals surface area contributed by atoms with Crippen LogP contribution in [0.4, 0.5) is 11.8 Å². The Morgan fingerprint density at radius 2 is 2.14 bits per heavy atom. The Bertz CT molecular complexity index is 957. The number of rotatable bonds is 8. The van der Waals surface area contributed by atoms with Crippen molar-refractivity contribution in [1.82, 2.24) is 25.4 Å². The minimum Gasteiger partial charge on any atom is -0.427 e. The number of esters is 1. The molecule has 0 bridgehead atoms. The van der Waals surface area contributed by atoms with Crippen LogP contribution < -0.4 is 15.4 Å². The van der Waals surface area contributed by atoms with Gasteiger partial charge < -0.3 is 20.5 Å². The maximum absolute atomic E-state index is 11.1. The standard InChI is InChI=1S/C18H23N7O3/c1-10(2)14(9-26)20-18-21-16(15-17(22-18)24-25-23-15)19-8-12-5-4-6-13(7-12)28-11(3)27/h4-7,10,14,26H,8-9H2,1-3H3,(H3,19,20,21,22,23,24,25). The fourth-order valence-electron chi connectivity index (χ4n) is 2.60. The Morgan fingerprint density at radius 1 is 1.32 bits per heavy atom. The molecule has 10 heteroatoms. The summed E-state index contributed by atoms with van der Waals surface area (Å²) in [5.74, 6) is 1.17. The van der Waals surface area contributed by atoms with Gasteiger partial charge in [0, 0.05) is 13.5 Å². The number of nitrogens with one attached hydrogen (secondary N) is 3. The molecule has 0 aliphatic heterocycles. The zero-order chi connectivity index (χ0) is 20.1. The van der Waals surface area contributed by atoms with E-state index in [1.807, 2.05) is 26.0 Å². The van der Waals surface area contributed by atoms with Crippen LogP contribution in [-0.2, 0) is 11.3 Å². The van der Waals surface area contributed by atoms with E-state index in [0.29, 0.717) is 35.2 Å². The molecule has 10 nitrogen and oxygen atoms in total. The van der Waals surface area contributed by atoms with Crippen LogP contribution in [0.15, 0.2) is 24.3 Å². The van der Waals surface area contributed by atoms with E-state index in [4.69, 9.17) is 4.74 Å². The average molecular weight is 385 g/mol. The first-order chi connectivity index (χ1) is 13.5. The molecule has 28 heavy (non-hydrogen) atoms. The molecule has 0 spiro atoms. The summed E-state index contributed by atoms with van der Waals surface area (Å²) in [7, 11) is 0. The molecule has 1 unspecified atom stereocenters. The molecule has 0 saturated carbocycles. The third kappa shape index (κ3) is 4.71. The van der Waals surface area contributed by atoms with Crippen LogP contribution in [0.2, 0.25) is 0 Å². The number of hydrogen-bond donors (Lipinski definition) is 4. The second-order valence-corrected chi connectivity index (χ2v) is 6.68. The van der Waals surface area contributed by atoms with Crippen molar-refractivity contribution in [3.8, 4) is 5.75 Å². The molecule has 3 rings (SSSR count). The van der Waals surface area contributed by atoms with Gasteiger partial charge in [-0.1, -0.05) is 31.2 Å². The highest BCUT2D eigenvalue weighted by atomic mass is 16.5. The van der Waals surface area contributed by atoms with Crippen LogP contribution in [0.5, 0.6) is 5.75 Å². The minimum atomic E-state index is -0.371. The highest BCUT2D eigenvalue weighted by Gasteiger charge is 2.16. The molecule has 4 N–H and O–H groups in total. The van der Waals surface area contributed by atoms with E-state index in [1.54, 1.807) is 12.1 Å². The average Bonchev–Trinajstić information content (AvgIpc) is 3.12. The molecular formula is C18H23N7O3. The number of carbonyl (C=O) groups excluding carboxylic acids is 1. The van der Waals surface area contributed by atoms with Gasteiger partial charge in [0.1, 0.15) is 5.75 Å². The summed E-state index contributed by atoms with van der Waals surface area (Å²) in [6.45, 7) is 5.75. The molecule has 0 radical (unpaired) electrons.